The minimum atomic E-state index is -0.0750. The van der Waals surface area contributed by atoms with Gasteiger partial charge in [-0.25, -0.2) is 4.79 Å². The van der Waals surface area contributed by atoms with E-state index in [-0.39, 0.29) is 30.6 Å². The van der Waals surface area contributed by atoms with Crippen molar-refractivity contribution in [1.29, 1.82) is 0 Å². The molecule has 1 fully saturated rings. The topological polar surface area (TPSA) is 61.4 Å². The first-order valence-corrected chi connectivity index (χ1v) is 7.12. The number of hydrogen-bond acceptors (Lipinski definition) is 2. The molecular weight excluding hydrogens is 228 g/mol. The first kappa shape index (κ1) is 13.4. The largest absolute Gasteiger partial charge is 0.396 e. The fourth-order valence-electron chi connectivity index (χ4n) is 2.92. The van der Waals surface area contributed by atoms with Crippen molar-refractivity contribution in [3.63, 3.8) is 0 Å². The Balaban J connectivity index is 1.79. The number of amides is 2. The van der Waals surface area contributed by atoms with Gasteiger partial charge in [-0.15, -0.1) is 0 Å². The molecule has 18 heavy (non-hydrogen) atoms. The number of carbonyl (C=O) groups excluding carboxylic acids is 1. The lowest BCUT2D eigenvalue weighted by Crippen LogP contribution is -2.48. The Labute approximate surface area is 109 Å². The highest BCUT2D eigenvalue weighted by Crippen LogP contribution is 2.23. The summed E-state index contributed by atoms with van der Waals surface area (Å²) in [5.41, 5.74) is 0. The van der Waals surface area contributed by atoms with Crippen LogP contribution in [0.5, 0.6) is 0 Å². The van der Waals surface area contributed by atoms with E-state index in [0.717, 1.165) is 38.5 Å². The zero-order chi connectivity index (χ0) is 12.8. The van der Waals surface area contributed by atoms with Crippen LogP contribution in [0.2, 0.25) is 0 Å². The second-order valence-corrected chi connectivity index (χ2v) is 5.44. The number of rotatable bonds is 3. The molecule has 2 rings (SSSR count). The molecule has 2 atom stereocenters. The Bertz CT molecular complexity index is 296. The van der Waals surface area contributed by atoms with Crippen LogP contribution in [0, 0.1) is 5.92 Å². The maximum atomic E-state index is 11.9. The first-order chi connectivity index (χ1) is 8.79. The molecule has 0 spiro atoms. The van der Waals surface area contributed by atoms with Gasteiger partial charge in [0.1, 0.15) is 0 Å². The van der Waals surface area contributed by atoms with E-state index >= 15 is 0 Å². The van der Waals surface area contributed by atoms with E-state index in [0.29, 0.717) is 0 Å². The predicted molar refractivity (Wildman–Crippen MR) is 71.3 cm³/mol. The molecule has 4 heteroatoms. The standard InChI is InChI=1S/C14H24N2O2/c17-10-11-6-2-1-3-9-13(11)16-14(18)15-12-7-4-5-8-12/h4-5,11-13,17H,1-3,6-10H2,(H2,15,16,18). The zero-order valence-corrected chi connectivity index (χ0v) is 10.9. The van der Waals surface area contributed by atoms with E-state index in [4.69, 9.17) is 0 Å². The van der Waals surface area contributed by atoms with Crippen molar-refractivity contribution in [2.45, 2.75) is 57.0 Å². The molecule has 2 unspecified atom stereocenters. The summed E-state index contributed by atoms with van der Waals surface area (Å²) in [5.74, 6) is 0.222. The van der Waals surface area contributed by atoms with Gasteiger partial charge in [0, 0.05) is 24.6 Å². The van der Waals surface area contributed by atoms with E-state index in [9.17, 15) is 9.90 Å². The Morgan fingerprint density at radius 2 is 1.83 bits per heavy atom. The molecule has 2 aliphatic carbocycles. The number of hydrogen-bond donors (Lipinski definition) is 3. The lowest BCUT2D eigenvalue weighted by Gasteiger charge is -2.25. The molecule has 3 N–H and O–H groups in total. The molecule has 1 saturated carbocycles. The molecule has 0 aromatic carbocycles. The molecule has 0 bridgehead atoms. The Kier molecular flexibility index (Phi) is 5.05. The van der Waals surface area contributed by atoms with Crippen LogP contribution >= 0.6 is 0 Å². The van der Waals surface area contributed by atoms with Crippen molar-refractivity contribution in [2.75, 3.05) is 6.61 Å². The number of urea groups is 1. The van der Waals surface area contributed by atoms with E-state index < -0.39 is 0 Å². The molecule has 0 aliphatic heterocycles. The molecule has 4 nitrogen and oxygen atoms in total. The van der Waals surface area contributed by atoms with Crippen molar-refractivity contribution in [1.82, 2.24) is 10.6 Å². The molecule has 0 radical (unpaired) electrons. The van der Waals surface area contributed by atoms with Gasteiger partial charge in [-0.1, -0.05) is 31.4 Å². The Morgan fingerprint density at radius 1 is 1.11 bits per heavy atom. The van der Waals surface area contributed by atoms with Gasteiger partial charge < -0.3 is 15.7 Å². The number of aliphatic hydroxyl groups excluding tert-OH is 1. The quantitative estimate of drug-likeness (QED) is 0.531. The van der Waals surface area contributed by atoms with Crippen molar-refractivity contribution >= 4 is 6.03 Å². The van der Waals surface area contributed by atoms with Crippen LogP contribution in [-0.4, -0.2) is 29.8 Å². The van der Waals surface area contributed by atoms with E-state index in [1.165, 1.54) is 6.42 Å². The number of aliphatic hydroxyl groups is 1. The normalized spacial score (nSPS) is 28.9. The third-order valence-corrected chi connectivity index (χ3v) is 4.05. The van der Waals surface area contributed by atoms with E-state index in [2.05, 4.69) is 22.8 Å². The monoisotopic (exact) mass is 252 g/mol. The number of carbonyl (C=O) groups is 1. The molecular formula is C14H24N2O2. The van der Waals surface area contributed by atoms with Crippen molar-refractivity contribution < 1.29 is 9.90 Å². The smallest absolute Gasteiger partial charge is 0.315 e. The van der Waals surface area contributed by atoms with Gasteiger partial charge in [0.15, 0.2) is 0 Å². The van der Waals surface area contributed by atoms with Gasteiger partial charge in [0.05, 0.1) is 0 Å². The minimum absolute atomic E-state index is 0.0750. The lowest BCUT2D eigenvalue weighted by molar-refractivity contribution is 0.178. The average molecular weight is 252 g/mol. The maximum absolute atomic E-state index is 11.9. The van der Waals surface area contributed by atoms with Gasteiger partial charge in [-0.3, -0.25) is 0 Å². The third kappa shape index (κ3) is 3.73. The van der Waals surface area contributed by atoms with Crippen LogP contribution in [0.25, 0.3) is 0 Å². The lowest BCUT2D eigenvalue weighted by atomic mass is 9.96. The van der Waals surface area contributed by atoms with Crippen molar-refractivity contribution in [2.24, 2.45) is 5.92 Å². The molecule has 2 aliphatic rings. The summed E-state index contributed by atoms with van der Waals surface area (Å²) in [6.07, 6.45) is 11.6. The van der Waals surface area contributed by atoms with Gasteiger partial charge >= 0.3 is 6.03 Å². The summed E-state index contributed by atoms with van der Waals surface area (Å²) in [7, 11) is 0. The fraction of sp³-hybridized carbons (Fsp3) is 0.786. The van der Waals surface area contributed by atoms with Crippen LogP contribution in [0.4, 0.5) is 4.79 Å². The second-order valence-electron chi connectivity index (χ2n) is 5.44. The van der Waals surface area contributed by atoms with E-state index in [1.54, 1.807) is 0 Å². The number of nitrogens with one attached hydrogen (secondary N) is 2. The Morgan fingerprint density at radius 3 is 2.56 bits per heavy atom. The van der Waals surface area contributed by atoms with Gasteiger partial charge in [0.2, 0.25) is 0 Å². The second kappa shape index (κ2) is 6.78. The van der Waals surface area contributed by atoms with Crippen molar-refractivity contribution in [3.05, 3.63) is 12.2 Å². The summed E-state index contributed by atoms with van der Waals surface area (Å²) in [6, 6.07) is 0.310. The predicted octanol–water partition coefficient (Wildman–Crippen LogP) is 1.95. The van der Waals surface area contributed by atoms with Crippen molar-refractivity contribution in [3.8, 4) is 0 Å². The molecule has 0 aromatic rings. The van der Waals surface area contributed by atoms with Crippen LogP contribution in [0.3, 0.4) is 0 Å². The Hall–Kier alpha value is -1.03. The molecule has 2 amide bonds. The van der Waals surface area contributed by atoms with E-state index in [1.807, 2.05) is 0 Å². The molecule has 0 heterocycles. The van der Waals surface area contributed by atoms with Gasteiger partial charge in [-0.05, 0) is 25.7 Å². The summed E-state index contributed by atoms with van der Waals surface area (Å²) >= 11 is 0. The molecule has 0 saturated heterocycles. The summed E-state index contributed by atoms with van der Waals surface area (Å²) in [6.45, 7) is 0.177. The summed E-state index contributed by atoms with van der Waals surface area (Å²) in [4.78, 5) is 11.9. The van der Waals surface area contributed by atoms with Crippen LogP contribution < -0.4 is 10.6 Å². The highest BCUT2D eigenvalue weighted by Gasteiger charge is 2.25. The third-order valence-electron chi connectivity index (χ3n) is 4.05. The highest BCUT2D eigenvalue weighted by molar-refractivity contribution is 5.74. The average Bonchev–Trinajstić information content (AvgIpc) is 2.75. The highest BCUT2D eigenvalue weighted by atomic mass is 16.3. The summed E-state index contributed by atoms with van der Waals surface area (Å²) < 4.78 is 0. The molecule has 0 aromatic heterocycles. The molecule has 102 valence electrons. The fourth-order valence-corrected chi connectivity index (χ4v) is 2.92. The SMILES string of the molecule is O=C(NC1CC=CC1)NC1CCCCCC1CO. The first-order valence-electron chi connectivity index (χ1n) is 7.12. The summed E-state index contributed by atoms with van der Waals surface area (Å²) in [5, 5.41) is 15.4. The maximum Gasteiger partial charge on any atom is 0.315 e. The zero-order valence-electron chi connectivity index (χ0n) is 10.9. The van der Waals surface area contributed by atoms with Crippen LogP contribution in [0.1, 0.15) is 44.9 Å². The van der Waals surface area contributed by atoms with Crippen LogP contribution in [0.15, 0.2) is 12.2 Å². The van der Waals surface area contributed by atoms with Gasteiger partial charge in [0.25, 0.3) is 0 Å². The minimum Gasteiger partial charge on any atom is -0.396 e. The van der Waals surface area contributed by atoms with Crippen LogP contribution in [-0.2, 0) is 0 Å². The van der Waals surface area contributed by atoms with Gasteiger partial charge in [-0.2, -0.15) is 0 Å².